The van der Waals surface area contributed by atoms with Gasteiger partial charge in [0.15, 0.2) is 0 Å². The number of halogens is 2. The van der Waals surface area contributed by atoms with Crippen LogP contribution < -0.4 is 15.5 Å². The van der Waals surface area contributed by atoms with E-state index in [0.717, 1.165) is 26.4 Å². The third kappa shape index (κ3) is 7.63. The summed E-state index contributed by atoms with van der Waals surface area (Å²) in [7, 11) is 4.53. The number of hydrogen-bond acceptors (Lipinski definition) is 2. The molecular weight excluding hydrogens is 589 g/mol. The standard InChI is InChI=1S/C13H11F2N2.C12H11P.Ir/c1-17(2)10-5-6-16-13(8-10)11-4-3-9(14)7-12(11)15;1-3-7-11(8-4-1)13-12-9-5-2-6-10-12;/h3,5-8H,1-2H3;1-10,13H;/q-1;;. The smallest absolute Gasteiger partial charge is 0.0408 e. The molecule has 0 atom stereocenters. The fraction of sp³-hybridized carbons (Fsp3) is 0.0800. The Morgan fingerprint density at radius 2 is 1.42 bits per heavy atom. The molecule has 3 aromatic carbocycles. The molecule has 0 aliphatic rings. The molecule has 0 fully saturated rings. The van der Waals surface area contributed by atoms with Crippen LogP contribution in [0.1, 0.15) is 0 Å². The summed E-state index contributed by atoms with van der Waals surface area (Å²) in [6, 6.07) is 29.2. The second-order valence-corrected chi connectivity index (χ2v) is 8.10. The first-order chi connectivity index (χ1) is 14.5. The first-order valence-corrected chi connectivity index (χ1v) is 10.4. The Kier molecular flexibility index (Phi) is 9.94. The van der Waals surface area contributed by atoms with Crippen molar-refractivity contribution in [3.8, 4) is 11.3 Å². The zero-order valence-electron chi connectivity index (χ0n) is 17.1. The van der Waals surface area contributed by atoms with Gasteiger partial charge in [-0.25, -0.2) is 0 Å². The molecule has 0 saturated heterocycles. The van der Waals surface area contributed by atoms with Crippen molar-refractivity contribution in [1.82, 2.24) is 4.98 Å². The molecule has 0 unspecified atom stereocenters. The van der Waals surface area contributed by atoms with E-state index in [0.29, 0.717) is 5.69 Å². The number of aromatic nitrogens is 1. The van der Waals surface area contributed by atoms with Crippen LogP contribution in [0.4, 0.5) is 14.5 Å². The van der Waals surface area contributed by atoms with Crippen molar-refractivity contribution in [3.05, 3.63) is 109 Å². The summed E-state index contributed by atoms with van der Waals surface area (Å²) in [6.07, 6.45) is 1.58. The van der Waals surface area contributed by atoms with Gasteiger partial charge in [0.25, 0.3) is 0 Å². The van der Waals surface area contributed by atoms with Crippen molar-refractivity contribution >= 4 is 24.9 Å². The van der Waals surface area contributed by atoms with Crippen LogP contribution in [0.5, 0.6) is 0 Å². The van der Waals surface area contributed by atoms with Crippen molar-refractivity contribution in [2.24, 2.45) is 0 Å². The Hall–Kier alpha value is -2.45. The molecule has 0 bridgehead atoms. The molecule has 4 aromatic rings. The van der Waals surface area contributed by atoms with Gasteiger partial charge in [-0.3, -0.25) is 8.78 Å². The minimum Gasteiger partial charge on any atom is -0.378 e. The second-order valence-electron chi connectivity index (χ2n) is 6.69. The molecular formula is C25H22F2IrN2P-. The van der Waals surface area contributed by atoms with Crippen LogP contribution >= 0.6 is 8.58 Å². The number of nitrogens with zero attached hydrogens (tertiary/aromatic N) is 2. The van der Waals surface area contributed by atoms with Gasteiger partial charge in [0, 0.05) is 57.7 Å². The molecule has 0 aliphatic carbocycles. The number of benzene rings is 3. The van der Waals surface area contributed by atoms with E-state index in [9.17, 15) is 8.78 Å². The van der Waals surface area contributed by atoms with E-state index in [4.69, 9.17) is 0 Å². The van der Waals surface area contributed by atoms with Crippen LogP contribution in [-0.2, 0) is 20.1 Å². The molecule has 4 rings (SSSR count). The van der Waals surface area contributed by atoms with Gasteiger partial charge in [-0.2, -0.15) is 0 Å². The topological polar surface area (TPSA) is 16.1 Å². The molecule has 0 aliphatic heterocycles. The van der Waals surface area contributed by atoms with Crippen molar-refractivity contribution in [1.29, 1.82) is 0 Å². The molecule has 1 radical (unpaired) electrons. The number of rotatable bonds is 4. The minimum atomic E-state index is -0.659. The molecule has 161 valence electrons. The number of hydrogen-bond donors (Lipinski definition) is 0. The predicted molar refractivity (Wildman–Crippen MR) is 123 cm³/mol. The van der Waals surface area contributed by atoms with Crippen LogP contribution in [0.2, 0.25) is 0 Å². The van der Waals surface area contributed by atoms with E-state index in [1.807, 2.05) is 25.1 Å². The van der Waals surface area contributed by atoms with Gasteiger partial charge >= 0.3 is 0 Å². The van der Waals surface area contributed by atoms with Gasteiger partial charge in [-0.1, -0.05) is 86.9 Å². The first-order valence-electron chi connectivity index (χ1n) is 9.40. The average Bonchev–Trinajstić information content (AvgIpc) is 2.76. The largest absolute Gasteiger partial charge is 0.378 e. The summed E-state index contributed by atoms with van der Waals surface area (Å²) in [5.74, 6) is -1.30. The fourth-order valence-corrected chi connectivity index (χ4v) is 3.74. The van der Waals surface area contributed by atoms with E-state index in [-0.39, 0.29) is 25.7 Å². The van der Waals surface area contributed by atoms with Crippen LogP contribution in [0.25, 0.3) is 11.3 Å². The molecule has 0 amide bonds. The Morgan fingerprint density at radius 1 is 0.839 bits per heavy atom. The van der Waals surface area contributed by atoms with Gasteiger partial charge in [-0.15, -0.1) is 12.1 Å². The van der Waals surface area contributed by atoms with E-state index in [1.54, 1.807) is 12.3 Å². The van der Waals surface area contributed by atoms with Crippen LogP contribution in [0, 0.1) is 17.7 Å². The number of anilines is 1. The summed E-state index contributed by atoms with van der Waals surface area (Å²) >= 11 is 0. The average molecular weight is 612 g/mol. The zero-order valence-corrected chi connectivity index (χ0v) is 20.5. The number of pyridine rings is 1. The van der Waals surface area contributed by atoms with Crippen molar-refractivity contribution < 1.29 is 28.9 Å². The Morgan fingerprint density at radius 3 is 1.94 bits per heavy atom. The zero-order chi connectivity index (χ0) is 21.3. The van der Waals surface area contributed by atoms with E-state index >= 15 is 0 Å². The summed E-state index contributed by atoms with van der Waals surface area (Å²) < 4.78 is 26.3. The molecule has 6 heteroatoms. The minimum absolute atomic E-state index is 0. The quantitative estimate of drug-likeness (QED) is 0.233. The van der Waals surface area contributed by atoms with Crippen molar-refractivity contribution in [2.75, 3.05) is 19.0 Å². The SMILES string of the molecule is CN(C)c1ccnc(-c2[c-]cc(F)cc2F)c1.[Ir].c1ccc(Pc2ccccc2)cc1. The van der Waals surface area contributed by atoms with Crippen LogP contribution in [0.3, 0.4) is 0 Å². The van der Waals surface area contributed by atoms with Gasteiger partial charge in [-0.05, 0) is 22.4 Å². The summed E-state index contributed by atoms with van der Waals surface area (Å²) in [6.45, 7) is 0. The first kappa shape index (κ1) is 24.8. The molecule has 0 saturated carbocycles. The molecule has 2 nitrogen and oxygen atoms in total. The molecule has 1 heterocycles. The Balaban J connectivity index is 0.000000220. The van der Waals surface area contributed by atoms with Gasteiger partial charge in [0.1, 0.15) is 0 Å². The Labute approximate surface area is 197 Å². The third-order valence-electron chi connectivity index (χ3n) is 4.21. The monoisotopic (exact) mass is 612 g/mol. The summed E-state index contributed by atoms with van der Waals surface area (Å²) in [5, 5.41) is 2.79. The third-order valence-corrected chi connectivity index (χ3v) is 5.45. The predicted octanol–water partition coefficient (Wildman–Crippen LogP) is 5.21. The maximum atomic E-state index is 13.5. The molecule has 0 spiro atoms. The van der Waals surface area contributed by atoms with Gasteiger partial charge < -0.3 is 9.88 Å². The van der Waals surface area contributed by atoms with E-state index in [1.165, 1.54) is 10.6 Å². The second kappa shape index (κ2) is 12.4. The molecule has 31 heavy (non-hydrogen) atoms. The van der Waals surface area contributed by atoms with E-state index in [2.05, 4.69) is 71.7 Å². The van der Waals surface area contributed by atoms with Crippen molar-refractivity contribution in [2.45, 2.75) is 0 Å². The van der Waals surface area contributed by atoms with E-state index < -0.39 is 11.6 Å². The molecule has 0 N–H and O–H groups in total. The van der Waals surface area contributed by atoms with Gasteiger partial charge in [0.2, 0.25) is 0 Å². The normalized spacial score (nSPS) is 9.81. The van der Waals surface area contributed by atoms with Crippen LogP contribution in [-0.4, -0.2) is 19.1 Å². The maximum Gasteiger partial charge on any atom is 0.0408 e. The Bertz CT molecular complexity index is 1040. The summed E-state index contributed by atoms with van der Waals surface area (Å²) in [4.78, 5) is 5.94. The van der Waals surface area contributed by atoms with Gasteiger partial charge in [0.05, 0.1) is 0 Å². The maximum absolute atomic E-state index is 13.5. The molecule has 1 aromatic heterocycles. The fourth-order valence-electron chi connectivity index (χ4n) is 2.69. The van der Waals surface area contributed by atoms with Crippen LogP contribution in [0.15, 0.2) is 91.1 Å². The van der Waals surface area contributed by atoms with Crippen molar-refractivity contribution in [3.63, 3.8) is 0 Å². The summed E-state index contributed by atoms with van der Waals surface area (Å²) in [5.41, 5.74) is 1.51.